The molecule has 17 bridgehead atoms. The van der Waals surface area contributed by atoms with E-state index in [0.717, 1.165) is 83.9 Å². The van der Waals surface area contributed by atoms with Crippen LogP contribution in [0.15, 0.2) is 179 Å². The number of benzene rings is 9. The SMILES string of the molecule is CC(=O)N[C@H]1[C@H](O[C@@H]2c3ccc(c(Cl)c3)Oc3cc4cc(c3O)Oc3ccc(cc3Cl)C[C@H]3NC(=O)[C@H](n5cc6ccccc6c5Sc5nc6ccccc6s5)c5ccc(O)c(c5)Oc5cc(O)cc(c5)[C@H](NC3=O)C(=O)N[C@H]4C(=O)N[C@H]3C(=O)N[C@@H]2C(=O)N[C@H](C(=O)O)c2cc(O)cc(O)c2-c2cc3ccc2O)O[C@H](CO)[C@@H](O)[C@@H]1O. The van der Waals surface area contributed by atoms with Crippen LogP contribution in [-0.2, 0) is 54.3 Å². The fourth-order valence-corrected chi connectivity index (χ4v) is 17.5. The zero-order valence-corrected chi connectivity index (χ0v) is 63.5. The molecule has 598 valence electrons. The normalized spacial score (nSPS) is 23.2. The van der Waals surface area contributed by atoms with Crippen molar-refractivity contribution in [3.05, 3.63) is 219 Å². The van der Waals surface area contributed by atoms with Gasteiger partial charge in [-0.1, -0.05) is 83.9 Å². The lowest BCUT2D eigenvalue weighted by molar-refractivity contribution is -0.284. The van der Waals surface area contributed by atoms with Crippen molar-refractivity contribution in [1.29, 1.82) is 0 Å². The van der Waals surface area contributed by atoms with Crippen molar-refractivity contribution in [2.24, 2.45) is 0 Å². The van der Waals surface area contributed by atoms with Crippen LogP contribution in [0, 0.1) is 0 Å². The number of halogens is 2. The van der Waals surface area contributed by atoms with Crippen LogP contribution in [0.25, 0.3) is 32.1 Å². The summed E-state index contributed by atoms with van der Waals surface area (Å²) in [5.41, 5.74) is -1.80. The molecule has 0 unspecified atom stereocenters. The van der Waals surface area contributed by atoms with Crippen molar-refractivity contribution < 1.29 is 113 Å². The molecule has 0 saturated carbocycles. The number of carboxylic acid groups (broad SMARTS) is 1. The number of fused-ring (bicyclic) bond motifs is 16. The van der Waals surface area contributed by atoms with Crippen molar-refractivity contribution >= 4 is 115 Å². The first-order valence-corrected chi connectivity index (χ1v) is 38.3. The Labute approximate surface area is 678 Å². The van der Waals surface area contributed by atoms with Crippen LogP contribution in [-0.4, -0.2) is 157 Å². The van der Waals surface area contributed by atoms with E-state index in [0.29, 0.717) is 20.1 Å². The van der Waals surface area contributed by atoms with Gasteiger partial charge in [0.1, 0.15) is 107 Å². The summed E-state index contributed by atoms with van der Waals surface area (Å²) in [6, 6.07) is 20.5. The highest BCUT2D eigenvalue weighted by Gasteiger charge is 2.50. The van der Waals surface area contributed by atoms with E-state index < -0.39 is 213 Å². The van der Waals surface area contributed by atoms with Gasteiger partial charge in [-0.15, -0.1) is 11.3 Å². The number of hydrogen-bond acceptors (Lipinski definition) is 25. The summed E-state index contributed by atoms with van der Waals surface area (Å²) in [6.45, 7) is 0.0214. The number of phenols is 6. The van der Waals surface area contributed by atoms with E-state index in [4.69, 9.17) is 51.9 Å². The molecule has 32 nitrogen and oxygen atoms in total. The average molecular weight is 1670 g/mol. The maximum absolute atomic E-state index is 16.4. The lowest BCUT2D eigenvalue weighted by Gasteiger charge is -2.44. The van der Waals surface area contributed by atoms with Gasteiger partial charge in [0.2, 0.25) is 47.1 Å². The summed E-state index contributed by atoms with van der Waals surface area (Å²) in [5.74, 6) is -16.9. The minimum atomic E-state index is -2.40. The molecule has 9 aromatic carbocycles. The summed E-state index contributed by atoms with van der Waals surface area (Å²) >= 11 is 17.0. The number of carbonyl (C=O) groups is 8. The van der Waals surface area contributed by atoms with Crippen molar-refractivity contribution in [2.75, 3.05) is 6.61 Å². The van der Waals surface area contributed by atoms with Gasteiger partial charge in [-0.25, -0.2) is 9.78 Å². The van der Waals surface area contributed by atoms with E-state index in [-0.39, 0.29) is 55.8 Å². The molecular weight excluding hydrogens is 1600 g/mol. The number of aliphatic hydroxyl groups is 3. The third-order valence-corrected chi connectivity index (χ3v) is 23.1. The van der Waals surface area contributed by atoms with Gasteiger partial charge in [0, 0.05) is 59.1 Å². The number of carbonyl (C=O) groups excluding carboxylic acids is 7. The molecule has 18 rings (SSSR count). The van der Waals surface area contributed by atoms with Crippen LogP contribution >= 0.6 is 46.3 Å². The molecule has 7 aliphatic heterocycles. The van der Waals surface area contributed by atoms with Gasteiger partial charge in [0.15, 0.2) is 39.7 Å². The predicted octanol–water partition coefficient (Wildman–Crippen LogP) is 8.26. The van der Waals surface area contributed by atoms with E-state index in [2.05, 4.69) is 37.2 Å². The maximum Gasteiger partial charge on any atom is 0.330 e. The summed E-state index contributed by atoms with van der Waals surface area (Å²) in [5, 5.41) is 135. The summed E-state index contributed by atoms with van der Waals surface area (Å²) in [4.78, 5) is 128. The first-order chi connectivity index (χ1) is 56.1. The zero-order valence-electron chi connectivity index (χ0n) is 60.3. The highest BCUT2D eigenvalue weighted by molar-refractivity contribution is 8.01. The van der Waals surface area contributed by atoms with Gasteiger partial charge in [-0.2, -0.15) is 0 Å². The molecule has 36 heteroatoms. The van der Waals surface area contributed by atoms with Crippen LogP contribution in [0.4, 0.5) is 0 Å². The molecule has 117 heavy (non-hydrogen) atoms. The fraction of sp³-hybridized carbons (Fsp3) is 0.198. The van der Waals surface area contributed by atoms with E-state index in [1.807, 2.05) is 48.5 Å². The summed E-state index contributed by atoms with van der Waals surface area (Å²) < 4.78 is 35.0. The molecule has 0 spiro atoms. The number of carboxylic acids is 1. The number of aliphatic carboxylic acids is 1. The molecule has 1 fully saturated rings. The molecule has 11 aromatic rings. The Hall–Kier alpha value is -12.9. The van der Waals surface area contributed by atoms with Gasteiger partial charge < -0.3 is 117 Å². The molecule has 7 aliphatic rings. The van der Waals surface area contributed by atoms with Crippen LogP contribution in [0.1, 0.15) is 82.2 Å². The Kier molecular flexibility index (Phi) is 20.9. The first kappa shape index (κ1) is 78.0. The number of phenolic OH excluding ortho intramolecular Hbond substituents is 6. The first-order valence-electron chi connectivity index (χ1n) is 35.9. The Morgan fingerprint density at radius 3 is 1.96 bits per heavy atom. The van der Waals surface area contributed by atoms with Crippen molar-refractivity contribution in [3.63, 3.8) is 0 Å². The van der Waals surface area contributed by atoms with Crippen LogP contribution in [0.3, 0.4) is 0 Å². The lowest BCUT2D eigenvalue weighted by Crippen LogP contribution is -2.65. The van der Waals surface area contributed by atoms with Crippen LogP contribution < -0.4 is 51.4 Å². The molecule has 7 amide bonds. The largest absolute Gasteiger partial charge is 0.508 e. The number of aromatic hydroxyl groups is 6. The van der Waals surface area contributed by atoms with Crippen molar-refractivity contribution in [1.82, 2.24) is 46.8 Å². The number of amides is 7. The Bertz CT molecular complexity index is 5940. The molecule has 1 saturated heterocycles. The van der Waals surface area contributed by atoms with E-state index in [1.165, 1.54) is 71.6 Å². The number of aliphatic hydroxyl groups excluding tert-OH is 3. The number of ether oxygens (including phenoxy) is 5. The van der Waals surface area contributed by atoms with Crippen molar-refractivity contribution in [2.45, 2.75) is 102 Å². The standard InChI is InChI=1S/C81H65Cl2N9O23S2/c1-32(94)84-65-70(102)69(101)58(31-93)114-80(65)115-71-36-13-17-54(47(83)23-36)113-57-26-39-25-56(68(57)100)112-53-16-10-33(18-46(53)82)19-49-72(103)87-62(74(105)89-63(39)75(106)88-61-34-11-14-50(97)44(22-34)60-45(28-41(96)29-52(60)99)64(79(109)110)90-76(107)66(71)91-73(61)104)38-20-40(95)27-42(21-38)111-55-24-35(12-15-51(55)98)67(77(108)85-49)92-30-37-6-2-3-7-43(37)78(92)117-81-86-48-8-4-5-9-59(48)116-81/h2-18,20-30,49,58,61-67,69-71,80,93,95-102H,19,31H2,1H3,(H,84,94)(H,85,108)(H,87,103)(H,88,106)(H,89,105)(H,90,107)(H,91,104)(H,109,110)/t49-,58-,61-,62+,63-,64+,65-,66+,67-,69-,70-,71-,80+/m1/s1. The summed E-state index contributed by atoms with van der Waals surface area (Å²) in [7, 11) is 0. The van der Waals surface area contributed by atoms with Gasteiger partial charge in [0.25, 0.3) is 0 Å². The van der Waals surface area contributed by atoms with E-state index in [1.54, 1.807) is 10.8 Å². The Morgan fingerprint density at radius 2 is 1.25 bits per heavy atom. The number of para-hydroxylation sites is 1. The number of nitrogens with one attached hydrogen (secondary N) is 7. The molecule has 17 N–H and O–H groups in total. The highest BCUT2D eigenvalue weighted by Crippen LogP contribution is 2.50. The number of rotatable bonds is 8. The van der Waals surface area contributed by atoms with E-state index >= 15 is 28.8 Å². The Morgan fingerprint density at radius 1 is 0.607 bits per heavy atom. The van der Waals surface area contributed by atoms with Crippen LogP contribution in [0.5, 0.6) is 69.0 Å². The number of thiazole rings is 1. The second kappa shape index (κ2) is 31.4. The average Bonchev–Trinajstić information content (AvgIpc) is 1.75. The van der Waals surface area contributed by atoms with Gasteiger partial charge in [-0.3, -0.25) is 33.6 Å². The van der Waals surface area contributed by atoms with Crippen molar-refractivity contribution in [3.8, 4) is 80.1 Å². The maximum atomic E-state index is 16.4. The number of aromatic nitrogens is 2. The lowest BCUT2D eigenvalue weighted by atomic mass is 9.89. The third-order valence-electron chi connectivity index (χ3n) is 20.3. The topological polar surface area (TPSA) is 487 Å². The molecular formula is C81H65Cl2N9O23S2. The van der Waals surface area contributed by atoms with Crippen LogP contribution in [0.2, 0.25) is 10.0 Å². The van der Waals surface area contributed by atoms with Gasteiger partial charge in [0.05, 0.1) is 31.9 Å². The second-order valence-corrected chi connectivity index (χ2v) is 31.1. The predicted molar refractivity (Wildman–Crippen MR) is 416 cm³/mol. The minimum Gasteiger partial charge on any atom is -0.508 e. The quantitative estimate of drug-likeness (QED) is 0.0680. The molecule has 13 atom stereocenters. The number of hydrogen-bond donors (Lipinski definition) is 17. The van der Waals surface area contributed by atoms with Gasteiger partial charge in [-0.05, 0) is 136 Å². The third kappa shape index (κ3) is 15.2. The monoisotopic (exact) mass is 1670 g/mol. The zero-order chi connectivity index (χ0) is 82.3. The molecule has 9 heterocycles. The smallest absolute Gasteiger partial charge is 0.330 e. The fourth-order valence-electron chi connectivity index (χ4n) is 14.8. The summed E-state index contributed by atoms with van der Waals surface area (Å²) in [6.07, 6.45) is -8.55. The molecule has 2 aromatic heterocycles. The van der Waals surface area contributed by atoms with E-state index in [9.17, 15) is 60.7 Å². The molecule has 0 aliphatic carbocycles. The Balaban J connectivity index is 0.878. The number of nitrogens with zero attached hydrogens (tertiary/aromatic N) is 2. The minimum absolute atomic E-state index is 0.179. The highest BCUT2D eigenvalue weighted by atomic mass is 35.5. The molecule has 0 radical (unpaired) electrons. The van der Waals surface area contributed by atoms with Gasteiger partial charge >= 0.3 is 5.97 Å². The second-order valence-electron chi connectivity index (χ2n) is 28.0.